The van der Waals surface area contributed by atoms with Crippen LogP contribution in [-0.4, -0.2) is 53.4 Å². The van der Waals surface area contributed by atoms with Gasteiger partial charge in [0.05, 0.1) is 18.0 Å². The molecule has 2 aromatic carbocycles. The first-order chi connectivity index (χ1) is 15.2. The fourth-order valence-electron chi connectivity index (χ4n) is 3.85. The summed E-state index contributed by atoms with van der Waals surface area (Å²) in [5.74, 6) is 0.937. The van der Waals surface area contributed by atoms with Gasteiger partial charge in [-0.25, -0.2) is 4.68 Å². The highest BCUT2D eigenvalue weighted by Gasteiger charge is 2.25. The molecule has 0 aliphatic carbocycles. The van der Waals surface area contributed by atoms with Gasteiger partial charge in [-0.05, 0) is 43.7 Å². The predicted molar refractivity (Wildman–Crippen MR) is 123 cm³/mol. The molecule has 3 aromatic rings. The van der Waals surface area contributed by atoms with Gasteiger partial charge in [-0.1, -0.05) is 37.6 Å². The molecular weight excluding hydrogens is 388 g/mol. The largest absolute Gasteiger partial charge is 0.494 e. The van der Waals surface area contributed by atoms with Crippen LogP contribution in [0.25, 0.3) is 5.69 Å². The van der Waals surface area contributed by atoms with Gasteiger partial charge in [-0.2, -0.15) is 5.10 Å². The molecule has 0 spiro atoms. The quantitative estimate of drug-likeness (QED) is 0.536. The Bertz CT molecular complexity index is 1010. The molecule has 6 heteroatoms. The van der Waals surface area contributed by atoms with E-state index in [0.29, 0.717) is 18.8 Å². The van der Waals surface area contributed by atoms with E-state index in [2.05, 4.69) is 29.1 Å². The molecule has 1 aromatic heterocycles. The van der Waals surface area contributed by atoms with Crippen molar-refractivity contribution in [2.24, 2.45) is 0 Å². The van der Waals surface area contributed by atoms with E-state index in [1.54, 1.807) is 4.68 Å². The zero-order valence-corrected chi connectivity index (χ0v) is 18.3. The second kappa shape index (κ2) is 9.69. The summed E-state index contributed by atoms with van der Waals surface area (Å²) in [5, 5.41) is 4.54. The molecule has 1 amide bonds. The van der Waals surface area contributed by atoms with Gasteiger partial charge < -0.3 is 14.5 Å². The van der Waals surface area contributed by atoms with E-state index in [1.807, 2.05) is 60.4 Å². The Labute approximate surface area is 184 Å². The average Bonchev–Trinajstić information content (AvgIpc) is 3.21. The highest BCUT2D eigenvalue weighted by molar-refractivity contribution is 5.93. The highest BCUT2D eigenvalue weighted by Crippen LogP contribution is 2.23. The number of carbonyl (C=O) groups is 1. The Morgan fingerprint density at radius 1 is 0.968 bits per heavy atom. The monoisotopic (exact) mass is 418 g/mol. The number of amides is 1. The molecule has 4 rings (SSSR count). The van der Waals surface area contributed by atoms with Crippen LogP contribution in [0.5, 0.6) is 5.75 Å². The maximum Gasteiger partial charge on any atom is 0.272 e. The van der Waals surface area contributed by atoms with Gasteiger partial charge in [0.15, 0.2) is 0 Å². The van der Waals surface area contributed by atoms with Crippen LogP contribution < -0.4 is 9.64 Å². The fraction of sp³-hybridized carbons (Fsp3) is 0.360. The van der Waals surface area contributed by atoms with E-state index in [-0.39, 0.29) is 5.91 Å². The molecule has 0 unspecified atom stereocenters. The molecular formula is C25H30N4O2. The number of rotatable bonds is 7. The van der Waals surface area contributed by atoms with E-state index in [4.69, 9.17) is 4.74 Å². The number of benzene rings is 2. The zero-order valence-electron chi connectivity index (χ0n) is 18.3. The standard InChI is InChI=1S/C25H30N4O2/c1-3-4-17-31-23-12-8-11-22(19-23)27-13-15-28(16-14-27)25(30)24-18-20(2)26-29(24)21-9-6-5-7-10-21/h5-12,18-19H,3-4,13-17H2,1-2H3. The van der Waals surface area contributed by atoms with Crippen molar-refractivity contribution in [2.45, 2.75) is 26.7 Å². The van der Waals surface area contributed by atoms with Crippen LogP contribution in [0.3, 0.4) is 0 Å². The third-order valence-corrected chi connectivity index (χ3v) is 5.57. The number of hydrogen-bond donors (Lipinski definition) is 0. The Kier molecular flexibility index (Phi) is 6.55. The first-order valence-electron chi connectivity index (χ1n) is 11.0. The Balaban J connectivity index is 1.42. The van der Waals surface area contributed by atoms with Crippen molar-refractivity contribution in [3.8, 4) is 11.4 Å². The van der Waals surface area contributed by atoms with E-state index >= 15 is 0 Å². The van der Waals surface area contributed by atoms with Crippen LogP contribution in [0.4, 0.5) is 5.69 Å². The molecule has 0 saturated carbocycles. The summed E-state index contributed by atoms with van der Waals surface area (Å²) in [7, 11) is 0. The van der Waals surface area contributed by atoms with Crippen LogP contribution in [-0.2, 0) is 0 Å². The molecule has 2 heterocycles. The number of anilines is 1. The lowest BCUT2D eigenvalue weighted by atomic mass is 10.2. The summed E-state index contributed by atoms with van der Waals surface area (Å²) < 4.78 is 7.60. The summed E-state index contributed by atoms with van der Waals surface area (Å²) in [6.07, 6.45) is 2.18. The molecule has 1 saturated heterocycles. The number of aromatic nitrogens is 2. The molecule has 6 nitrogen and oxygen atoms in total. The van der Waals surface area contributed by atoms with Gasteiger partial charge in [0.1, 0.15) is 11.4 Å². The number of piperazine rings is 1. The van der Waals surface area contributed by atoms with Crippen molar-refractivity contribution < 1.29 is 9.53 Å². The van der Waals surface area contributed by atoms with Gasteiger partial charge in [-0.3, -0.25) is 4.79 Å². The minimum Gasteiger partial charge on any atom is -0.494 e. The molecule has 0 N–H and O–H groups in total. The zero-order chi connectivity index (χ0) is 21.6. The number of unbranched alkanes of at least 4 members (excludes halogenated alkanes) is 1. The SMILES string of the molecule is CCCCOc1cccc(N2CCN(C(=O)c3cc(C)nn3-c3ccccc3)CC2)c1. The van der Waals surface area contributed by atoms with Crippen molar-refractivity contribution >= 4 is 11.6 Å². The van der Waals surface area contributed by atoms with Crippen LogP contribution in [0, 0.1) is 6.92 Å². The number of nitrogens with zero attached hydrogens (tertiary/aromatic N) is 4. The number of hydrogen-bond acceptors (Lipinski definition) is 4. The van der Waals surface area contributed by atoms with Gasteiger partial charge in [-0.15, -0.1) is 0 Å². The highest BCUT2D eigenvalue weighted by atomic mass is 16.5. The summed E-state index contributed by atoms with van der Waals surface area (Å²) in [6.45, 7) is 7.78. The molecule has 1 aliphatic heterocycles. The summed E-state index contributed by atoms with van der Waals surface area (Å²) in [5.41, 5.74) is 3.50. The number of ether oxygens (including phenoxy) is 1. The van der Waals surface area contributed by atoms with Crippen molar-refractivity contribution in [3.05, 3.63) is 72.1 Å². The first-order valence-corrected chi connectivity index (χ1v) is 11.0. The summed E-state index contributed by atoms with van der Waals surface area (Å²) >= 11 is 0. The maximum atomic E-state index is 13.3. The third kappa shape index (κ3) is 4.90. The summed E-state index contributed by atoms with van der Waals surface area (Å²) in [6, 6.07) is 19.9. The van der Waals surface area contributed by atoms with Crippen molar-refractivity contribution in [3.63, 3.8) is 0 Å². The van der Waals surface area contributed by atoms with Gasteiger partial charge in [0.25, 0.3) is 5.91 Å². The van der Waals surface area contributed by atoms with Crippen molar-refractivity contribution in [1.29, 1.82) is 0 Å². The molecule has 0 atom stereocenters. The molecule has 0 radical (unpaired) electrons. The second-order valence-electron chi connectivity index (χ2n) is 7.90. The Morgan fingerprint density at radius 2 is 1.71 bits per heavy atom. The molecule has 1 aliphatic rings. The minimum atomic E-state index is 0.0285. The van der Waals surface area contributed by atoms with E-state index in [9.17, 15) is 4.79 Å². The summed E-state index contributed by atoms with van der Waals surface area (Å²) in [4.78, 5) is 17.5. The normalized spacial score (nSPS) is 14.0. The second-order valence-corrected chi connectivity index (χ2v) is 7.90. The Morgan fingerprint density at radius 3 is 2.45 bits per heavy atom. The lowest BCUT2D eigenvalue weighted by Gasteiger charge is -2.36. The first kappa shape index (κ1) is 21.0. The topological polar surface area (TPSA) is 50.6 Å². The third-order valence-electron chi connectivity index (χ3n) is 5.57. The molecule has 31 heavy (non-hydrogen) atoms. The van der Waals surface area contributed by atoms with Crippen LogP contribution in [0.2, 0.25) is 0 Å². The van der Waals surface area contributed by atoms with Crippen LogP contribution in [0.15, 0.2) is 60.7 Å². The fourth-order valence-corrected chi connectivity index (χ4v) is 3.85. The average molecular weight is 419 g/mol. The number of aryl methyl sites for hydroxylation is 1. The van der Waals surface area contributed by atoms with Crippen molar-refractivity contribution in [1.82, 2.24) is 14.7 Å². The molecule has 1 fully saturated rings. The maximum absolute atomic E-state index is 13.3. The van der Waals surface area contributed by atoms with Crippen LogP contribution in [0.1, 0.15) is 35.9 Å². The smallest absolute Gasteiger partial charge is 0.272 e. The number of carbonyl (C=O) groups excluding carboxylic acids is 1. The lowest BCUT2D eigenvalue weighted by molar-refractivity contribution is 0.0737. The van der Waals surface area contributed by atoms with E-state index in [1.165, 1.54) is 0 Å². The van der Waals surface area contributed by atoms with E-state index < -0.39 is 0 Å². The van der Waals surface area contributed by atoms with Crippen LogP contribution >= 0.6 is 0 Å². The van der Waals surface area contributed by atoms with Crippen molar-refractivity contribution in [2.75, 3.05) is 37.7 Å². The van der Waals surface area contributed by atoms with Gasteiger partial charge in [0.2, 0.25) is 0 Å². The number of para-hydroxylation sites is 1. The van der Waals surface area contributed by atoms with Gasteiger partial charge >= 0.3 is 0 Å². The molecule has 0 bridgehead atoms. The minimum absolute atomic E-state index is 0.0285. The van der Waals surface area contributed by atoms with E-state index in [0.717, 1.165) is 55.4 Å². The predicted octanol–water partition coefficient (Wildman–Crippen LogP) is 4.32. The lowest BCUT2D eigenvalue weighted by Crippen LogP contribution is -2.49. The Hall–Kier alpha value is -3.28. The van der Waals surface area contributed by atoms with Gasteiger partial charge in [0, 0.05) is 37.9 Å². The molecule has 162 valence electrons.